The highest BCUT2D eigenvalue weighted by Crippen LogP contribution is 2.48. The van der Waals surface area contributed by atoms with Crippen molar-refractivity contribution in [1.82, 2.24) is 0 Å². The molecule has 7 heteroatoms. The van der Waals surface area contributed by atoms with Crippen LogP contribution in [0.25, 0.3) is 0 Å². The van der Waals surface area contributed by atoms with Crippen LogP contribution >= 0.6 is 7.60 Å². The zero-order valence-corrected chi connectivity index (χ0v) is 19.0. The van der Waals surface area contributed by atoms with Crippen molar-refractivity contribution in [2.75, 3.05) is 13.2 Å². The summed E-state index contributed by atoms with van der Waals surface area (Å²) in [6.45, 7) is 5.03. The number of hydrogen-bond acceptors (Lipinski definition) is 5. The normalized spacial score (nSPS) is 11.7. The third-order valence-electron chi connectivity index (χ3n) is 4.88. The number of hydrogen-bond donors (Lipinski definition) is 0. The number of non-ortho nitro benzene ring substituents is 1. The minimum absolute atomic E-state index is 0.103. The highest BCUT2D eigenvalue weighted by Gasteiger charge is 2.29. The Morgan fingerprint density at radius 3 is 1.79 bits per heavy atom. The van der Waals surface area contributed by atoms with E-state index in [-0.39, 0.29) is 11.0 Å². The molecule has 0 aromatic heterocycles. The first kappa shape index (κ1) is 25.8. The Kier molecular flexibility index (Phi) is 13.9. The van der Waals surface area contributed by atoms with Crippen molar-refractivity contribution in [2.24, 2.45) is 0 Å². The molecule has 0 bridgehead atoms. The van der Waals surface area contributed by atoms with E-state index in [2.05, 4.69) is 13.8 Å². The van der Waals surface area contributed by atoms with Crippen LogP contribution < -0.4 is 5.30 Å². The lowest BCUT2D eigenvalue weighted by Crippen LogP contribution is -2.12. The second-order valence-corrected chi connectivity index (χ2v) is 9.50. The summed E-state index contributed by atoms with van der Waals surface area (Å²) in [5.74, 6) is 0. The van der Waals surface area contributed by atoms with E-state index in [0.29, 0.717) is 13.2 Å². The number of nitro groups is 1. The molecule has 0 radical (unpaired) electrons. The van der Waals surface area contributed by atoms with Crippen molar-refractivity contribution in [3.8, 4) is 0 Å². The van der Waals surface area contributed by atoms with Crippen LogP contribution in [0.3, 0.4) is 0 Å². The molecule has 0 unspecified atom stereocenters. The number of benzene rings is 1. The van der Waals surface area contributed by atoms with Crippen molar-refractivity contribution in [2.45, 2.75) is 90.9 Å². The number of nitrogens with zero attached hydrogens (tertiary/aromatic N) is 1. The van der Waals surface area contributed by atoms with E-state index in [0.717, 1.165) is 38.5 Å². The Morgan fingerprint density at radius 2 is 1.31 bits per heavy atom. The van der Waals surface area contributed by atoms with Gasteiger partial charge >= 0.3 is 7.60 Å². The molecule has 0 spiro atoms. The van der Waals surface area contributed by atoms with Crippen molar-refractivity contribution in [1.29, 1.82) is 0 Å². The summed E-state index contributed by atoms with van der Waals surface area (Å²) in [6.07, 6.45) is 13.2. The third-order valence-corrected chi connectivity index (χ3v) is 6.83. The summed E-state index contributed by atoms with van der Waals surface area (Å²) < 4.78 is 24.8. The Hall–Kier alpha value is -1.23. The van der Waals surface area contributed by atoms with Crippen molar-refractivity contribution < 1.29 is 18.5 Å². The van der Waals surface area contributed by atoms with E-state index < -0.39 is 12.5 Å². The van der Waals surface area contributed by atoms with Crippen LogP contribution in [0.1, 0.15) is 90.9 Å². The molecule has 1 aromatic carbocycles. The van der Waals surface area contributed by atoms with E-state index in [4.69, 9.17) is 9.05 Å². The lowest BCUT2D eigenvalue weighted by atomic mass is 10.1. The molecule has 0 aliphatic rings. The van der Waals surface area contributed by atoms with Crippen molar-refractivity contribution in [3.05, 3.63) is 34.4 Å². The van der Waals surface area contributed by atoms with Crippen molar-refractivity contribution >= 4 is 18.6 Å². The van der Waals surface area contributed by atoms with Gasteiger partial charge < -0.3 is 9.05 Å². The first-order valence-corrected chi connectivity index (χ1v) is 12.7. The molecule has 6 nitrogen and oxygen atoms in total. The van der Waals surface area contributed by atoms with Gasteiger partial charge in [-0.25, -0.2) is 0 Å². The molecule has 0 saturated carbocycles. The first-order valence-electron chi connectivity index (χ1n) is 11.2. The fourth-order valence-corrected chi connectivity index (χ4v) is 4.77. The molecule has 0 aliphatic carbocycles. The Bertz CT molecular complexity index is 601. The maximum absolute atomic E-state index is 13.4. The molecule has 166 valence electrons. The summed E-state index contributed by atoms with van der Waals surface area (Å²) in [5.41, 5.74) is -0.103. The lowest BCUT2D eigenvalue weighted by Gasteiger charge is -2.19. The van der Waals surface area contributed by atoms with Crippen molar-refractivity contribution in [3.63, 3.8) is 0 Å². The molecule has 0 amide bonds. The van der Waals surface area contributed by atoms with Gasteiger partial charge in [-0.3, -0.25) is 14.7 Å². The molecular weight excluding hydrogens is 389 g/mol. The van der Waals surface area contributed by atoms with Gasteiger partial charge in [-0.1, -0.05) is 84.1 Å². The Morgan fingerprint density at radius 1 is 0.828 bits per heavy atom. The summed E-state index contributed by atoms with van der Waals surface area (Å²) in [4.78, 5) is 10.6. The van der Waals surface area contributed by atoms with Gasteiger partial charge in [0.1, 0.15) is 0 Å². The van der Waals surface area contributed by atoms with Gasteiger partial charge in [-0.05, 0) is 18.9 Å². The minimum Gasteiger partial charge on any atom is -0.305 e. The smallest absolute Gasteiger partial charge is 0.305 e. The standard InChI is InChI=1S/C22H38NO5P/c1-3-5-7-9-11-13-18-27-29(26,28-19-14-12-10-8-6-4-2)22-17-15-16-21(20-22)23(24)25/h15-17,20H,3-14,18-19H2,1-2H3. The van der Waals surface area contributed by atoms with Crippen LogP contribution in [0, 0.1) is 10.1 Å². The zero-order chi connectivity index (χ0) is 21.4. The molecule has 0 aliphatic heterocycles. The van der Waals surface area contributed by atoms with Crippen LogP contribution in [-0.4, -0.2) is 18.1 Å². The third kappa shape index (κ3) is 10.9. The van der Waals surface area contributed by atoms with Gasteiger partial charge in [0.2, 0.25) is 0 Å². The van der Waals surface area contributed by atoms with E-state index >= 15 is 0 Å². The summed E-state index contributed by atoms with van der Waals surface area (Å²) in [5, 5.41) is 11.4. The summed E-state index contributed by atoms with van der Waals surface area (Å²) in [6, 6.07) is 5.82. The van der Waals surface area contributed by atoms with Crippen LogP contribution in [0.2, 0.25) is 0 Å². The second-order valence-electron chi connectivity index (χ2n) is 7.48. The average Bonchev–Trinajstić information content (AvgIpc) is 2.72. The fourth-order valence-electron chi connectivity index (χ4n) is 3.10. The number of rotatable bonds is 18. The van der Waals surface area contributed by atoms with Gasteiger partial charge in [0.15, 0.2) is 0 Å². The van der Waals surface area contributed by atoms with Gasteiger partial charge in [0.25, 0.3) is 5.69 Å². The summed E-state index contributed by atoms with van der Waals surface area (Å²) >= 11 is 0. The molecule has 0 N–H and O–H groups in total. The molecule has 1 rings (SSSR count). The molecule has 0 atom stereocenters. The average molecular weight is 428 g/mol. The predicted molar refractivity (Wildman–Crippen MR) is 119 cm³/mol. The number of nitro benzene ring substituents is 1. The van der Waals surface area contributed by atoms with Gasteiger partial charge in [-0.15, -0.1) is 0 Å². The largest absolute Gasteiger partial charge is 0.361 e. The summed E-state index contributed by atoms with van der Waals surface area (Å²) in [7, 11) is -3.57. The highest BCUT2D eigenvalue weighted by molar-refractivity contribution is 7.62. The maximum Gasteiger partial charge on any atom is 0.361 e. The van der Waals surface area contributed by atoms with E-state index in [1.807, 2.05) is 0 Å². The maximum atomic E-state index is 13.4. The Labute approximate surface area is 176 Å². The van der Waals surface area contributed by atoms with Crippen LogP contribution in [-0.2, 0) is 13.6 Å². The molecule has 0 saturated heterocycles. The highest BCUT2D eigenvalue weighted by atomic mass is 31.2. The molecular formula is C22H38NO5P. The van der Waals surface area contributed by atoms with E-state index in [1.54, 1.807) is 6.07 Å². The van der Waals surface area contributed by atoms with E-state index in [1.165, 1.54) is 56.7 Å². The fraction of sp³-hybridized carbons (Fsp3) is 0.727. The molecule has 0 fully saturated rings. The molecule has 0 heterocycles. The van der Waals surface area contributed by atoms with Gasteiger partial charge in [0, 0.05) is 12.1 Å². The minimum atomic E-state index is -3.57. The van der Waals surface area contributed by atoms with Crippen LogP contribution in [0.15, 0.2) is 24.3 Å². The van der Waals surface area contributed by atoms with Crippen LogP contribution in [0.4, 0.5) is 5.69 Å². The lowest BCUT2D eigenvalue weighted by molar-refractivity contribution is -0.384. The quantitative estimate of drug-likeness (QED) is 0.107. The van der Waals surface area contributed by atoms with Crippen LogP contribution in [0.5, 0.6) is 0 Å². The van der Waals surface area contributed by atoms with E-state index in [9.17, 15) is 14.7 Å². The topological polar surface area (TPSA) is 78.7 Å². The molecule has 1 aromatic rings. The predicted octanol–water partition coefficient (Wildman–Crippen LogP) is 7.17. The second kappa shape index (κ2) is 15.6. The first-order chi connectivity index (χ1) is 14.0. The monoisotopic (exact) mass is 427 g/mol. The zero-order valence-electron chi connectivity index (χ0n) is 18.1. The number of unbranched alkanes of at least 4 members (excludes halogenated alkanes) is 10. The molecule has 29 heavy (non-hydrogen) atoms. The SMILES string of the molecule is CCCCCCCCOP(=O)(OCCCCCCCC)c1cccc([N+](=O)[O-])c1. The van der Waals surface area contributed by atoms with Gasteiger partial charge in [-0.2, -0.15) is 0 Å². The Balaban J connectivity index is 2.61. The van der Waals surface area contributed by atoms with Gasteiger partial charge in [0.05, 0.1) is 23.4 Å².